The number of unbranched alkanes of at least 4 members (excludes halogenated alkanes) is 14. The summed E-state index contributed by atoms with van der Waals surface area (Å²) < 4.78 is 0.261. The lowest BCUT2D eigenvalue weighted by molar-refractivity contribution is -1.04. The summed E-state index contributed by atoms with van der Waals surface area (Å²) in [7, 11) is 5.60. The molecule has 0 fully saturated rings. The molecule has 25 heavy (non-hydrogen) atoms. The van der Waals surface area contributed by atoms with Gasteiger partial charge in [0.25, 0.3) is 0 Å². The van der Waals surface area contributed by atoms with Crippen molar-refractivity contribution in [3.8, 4) is 0 Å². The molecule has 0 radical (unpaired) electrons. The largest absolute Gasteiger partial charge is 1.00 e. The number of hydroxylamine groups is 3. The van der Waals surface area contributed by atoms with Gasteiger partial charge in [-0.15, -0.1) is 4.65 Å². The van der Waals surface area contributed by atoms with Gasteiger partial charge in [-0.3, -0.25) is 4.84 Å². The average Bonchev–Trinajstić information content (AvgIpc) is 2.49. The fourth-order valence-electron chi connectivity index (χ4n) is 2.99. The SMILES string of the molecule is CCCCCCCCCCCCCCCCCC(=O)O[N+](C)(C)C.[Br-]. The number of carbonyl (C=O) groups excluding carboxylic acids is 1. The summed E-state index contributed by atoms with van der Waals surface area (Å²) in [4.78, 5) is 16.8. The number of nitrogens with zero attached hydrogens (tertiary/aromatic N) is 1. The third-order valence-corrected chi connectivity index (χ3v) is 4.36. The Balaban J connectivity index is 0. The molecule has 0 saturated heterocycles. The number of hydrogen-bond acceptors (Lipinski definition) is 2. The molecule has 0 rings (SSSR count). The minimum Gasteiger partial charge on any atom is -1.00 e. The molecule has 0 N–H and O–H groups in total. The van der Waals surface area contributed by atoms with Gasteiger partial charge in [-0.1, -0.05) is 96.8 Å². The third-order valence-electron chi connectivity index (χ3n) is 4.36. The monoisotopic (exact) mass is 421 g/mol. The molecule has 3 nitrogen and oxygen atoms in total. The van der Waals surface area contributed by atoms with Gasteiger partial charge in [0.1, 0.15) is 21.1 Å². The minimum absolute atomic E-state index is 0. The fourth-order valence-corrected chi connectivity index (χ4v) is 2.99. The molecule has 0 aromatic heterocycles. The van der Waals surface area contributed by atoms with Crippen molar-refractivity contribution >= 4 is 5.97 Å². The lowest BCUT2D eigenvalue weighted by Gasteiger charge is -2.20. The first kappa shape index (κ1) is 27.1. The van der Waals surface area contributed by atoms with Crippen LogP contribution in [-0.2, 0) is 9.63 Å². The lowest BCUT2D eigenvalue weighted by atomic mass is 10.0. The van der Waals surface area contributed by atoms with E-state index in [2.05, 4.69) is 6.92 Å². The zero-order valence-corrected chi connectivity index (χ0v) is 19.0. The summed E-state index contributed by atoms with van der Waals surface area (Å²) in [6.45, 7) is 2.28. The molecule has 0 amide bonds. The standard InChI is InChI=1S/C21H44NO2.BrH/c1-5-6-7-8-9-10-11-12-13-14-15-16-17-18-19-20-21(23)24-22(2,3)4;/h5-20H2,1-4H3;1H/q+1;/p-1. The van der Waals surface area contributed by atoms with Crippen LogP contribution in [0.15, 0.2) is 0 Å². The van der Waals surface area contributed by atoms with Crippen molar-refractivity contribution in [3.05, 3.63) is 0 Å². The average molecular weight is 422 g/mol. The van der Waals surface area contributed by atoms with Crippen molar-refractivity contribution < 1.29 is 31.3 Å². The molecule has 0 aromatic rings. The van der Waals surface area contributed by atoms with E-state index in [0.717, 1.165) is 12.8 Å². The van der Waals surface area contributed by atoms with Crippen molar-refractivity contribution in [2.75, 3.05) is 21.1 Å². The summed E-state index contributed by atoms with van der Waals surface area (Å²) in [5.74, 6) is -0.0720. The Morgan fingerprint density at radius 3 is 1.28 bits per heavy atom. The van der Waals surface area contributed by atoms with Crippen molar-refractivity contribution in [3.63, 3.8) is 0 Å². The van der Waals surface area contributed by atoms with E-state index >= 15 is 0 Å². The Bertz CT molecular complexity index is 290. The molecule has 0 bridgehead atoms. The molecule has 0 heterocycles. The molecular formula is C21H44BrNO2. The van der Waals surface area contributed by atoms with E-state index in [9.17, 15) is 4.79 Å². The van der Waals surface area contributed by atoms with Crippen LogP contribution in [0.3, 0.4) is 0 Å². The molecule has 0 aliphatic carbocycles. The molecule has 0 aliphatic heterocycles. The normalized spacial score (nSPS) is 11.2. The molecule has 0 spiro atoms. The van der Waals surface area contributed by atoms with Crippen LogP contribution in [0.4, 0.5) is 0 Å². The topological polar surface area (TPSA) is 26.3 Å². The maximum absolute atomic E-state index is 11.6. The Morgan fingerprint density at radius 2 is 0.960 bits per heavy atom. The lowest BCUT2D eigenvalue weighted by Crippen LogP contribution is -3.00. The summed E-state index contributed by atoms with van der Waals surface area (Å²) in [6.07, 6.45) is 20.8. The molecule has 152 valence electrons. The van der Waals surface area contributed by atoms with Crippen LogP contribution >= 0.6 is 0 Å². The number of rotatable bonds is 17. The smallest absolute Gasteiger partial charge is 0.366 e. The summed E-state index contributed by atoms with van der Waals surface area (Å²) in [5.41, 5.74) is 0. The van der Waals surface area contributed by atoms with Crippen LogP contribution in [0.1, 0.15) is 110 Å². The first-order valence-electron chi connectivity index (χ1n) is 10.5. The molecule has 0 aromatic carbocycles. The van der Waals surface area contributed by atoms with Gasteiger partial charge in [0.15, 0.2) is 0 Å². The van der Waals surface area contributed by atoms with E-state index < -0.39 is 0 Å². The van der Waals surface area contributed by atoms with Gasteiger partial charge in [0.2, 0.25) is 0 Å². The zero-order valence-electron chi connectivity index (χ0n) is 17.5. The van der Waals surface area contributed by atoms with Gasteiger partial charge < -0.3 is 17.0 Å². The van der Waals surface area contributed by atoms with Gasteiger partial charge >= 0.3 is 5.97 Å². The summed E-state index contributed by atoms with van der Waals surface area (Å²) >= 11 is 0. The highest BCUT2D eigenvalue weighted by molar-refractivity contribution is 5.68. The minimum atomic E-state index is -0.0720. The fraction of sp³-hybridized carbons (Fsp3) is 0.952. The first-order valence-corrected chi connectivity index (χ1v) is 10.5. The number of hydrogen-bond donors (Lipinski definition) is 0. The molecule has 0 unspecified atom stereocenters. The first-order chi connectivity index (χ1) is 11.5. The number of quaternary nitrogens is 1. The second-order valence-electron chi connectivity index (χ2n) is 8.05. The van der Waals surface area contributed by atoms with Crippen molar-refractivity contribution in [2.24, 2.45) is 0 Å². The second-order valence-corrected chi connectivity index (χ2v) is 8.05. The quantitative estimate of drug-likeness (QED) is 0.204. The van der Waals surface area contributed by atoms with Gasteiger partial charge in [-0.2, -0.15) is 0 Å². The number of carbonyl (C=O) groups is 1. The van der Waals surface area contributed by atoms with Crippen molar-refractivity contribution in [1.82, 2.24) is 0 Å². The van der Waals surface area contributed by atoms with Crippen molar-refractivity contribution in [2.45, 2.75) is 110 Å². The molecular weight excluding hydrogens is 378 g/mol. The predicted octanol–water partition coefficient (Wildman–Crippen LogP) is 3.42. The van der Waals surface area contributed by atoms with E-state index in [1.54, 1.807) is 0 Å². The molecule has 0 atom stereocenters. The highest BCUT2D eigenvalue weighted by Crippen LogP contribution is 2.14. The van der Waals surface area contributed by atoms with Crippen LogP contribution in [0.25, 0.3) is 0 Å². The van der Waals surface area contributed by atoms with Crippen molar-refractivity contribution in [1.29, 1.82) is 0 Å². The van der Waals surface area contributed by atoms with Gasteiger partial charge in [0.05, 0.1) is 6.42 Å². The highest BCUT2D eigenvalue weighted by Gasteiger charge is 2.14. The van der Waals surface area contributed by atoms with Crippen LogP contribution in [0, 0.1) is 0 Å². The van der Waals surface area contributed by atoms with Gasteiger partial charge in [-0.05, 0) is 6.42 Å². The Morgan fingerprint density at radius 1 is 0.640 bits per heavy atom. The maximum atomic E-state index is 11.6. The Kier molecular flexibility index (Phi) is 20.3. The van der Waals surface area contributed by atoms with E-state index in [4.69, 9.17) is 4.84 Å². The van der Waals surface area contributed by atoms with E-state index in [1.165, 1.54) is 83.5 Å². The molecule has 0 aliphatic rings. The van der Waals surface area contributed by atoms with E-state index in [1.807, 2.05) is 21.1 Å². The van der Waals surface area contributed by atoms with Gasteiger partial charge in [0, 0.05) is 0 Å². The Hall–Kier alpha value is -0.0900. The van der Waals surface area contributed by atoms with E-state index in [0.29, 0.717) is 6.42 Å². The second kappa shape index (κ2) is 18.7. The van der Waals surface area contributed by atoms with Crippen LogP contribution < -0.4 is 17.0 Å². The molecule has 0 saturated carbocycles. The van der Waals surface area contributed by atoms with Crippen LogP contribution in [0.5, 0.6) is 0 Å². The zero-order chi connectivity index (χ0) is 18.1. The van der Waals surface area contributed by atoms with Gasteiger partial charge in [-0.25, -0.2) is 4.79 Å². The van der Waals surface area contributed by atoms with Crippen LogP contribution in [0.2, 0.25) is 0 Å². The molecule has 4 heteroatoms. The Labute approximate surface area is 168 Å². The van der Waals surface area contributed by atoms with Crippen LogP contribution in [-0.4, -0.2) is 31.8 Å². The third kappa shape index (κ3) is 23.9. The summed E-state index contributed by atoms with van der Waals surface area (Å²) in [6, 6.07) is 0. The predicted molar refractivity (Wildman–Crippen MR) is 104 cm³/mol. The van der Waals surface area contributed by atoms with E-state index in [-0.39, 0.29) is 27.6 Å². The number of halogens is 1. The maximum Gasteiger partial charge on any atom is 0.366 e. The summed E-state index contributed by atoms with van der Waals surface area (Å²) in [5, 5.41) is 0. The highest BCUT2D eigenvalue weighted by atomic mass is 79.9.